The van der Waals surface area contributed by atoms with Crippen molar-refractivity contribution in [2.24, 2.45) is 0 Å². The first-order valence-electron chi connectivity index (χ1n) is 6.95. The third-order valence-corrected chi connectivity index (χ3v) is 3.18. The van der Waals surface area contributed by atoms with Crippen LogP contribution in [-0.4, -0.2) is 17.4 Å². The second kappa shape index (κ2) is 7.64. The molecule has 21 heavy (non-hydrogen) atoms. The van der Waals surface area contributed by atoms with Crippen molar-refractivity contribution in [3.8, 4) is 0 Å². The van der Waals surface area contributed by atoms with Gasteiger partial charge in [0.2, 0.25) is 0 Å². The van der Waals surface area contributed by atoms with E-state index >= 15 is 0 Å². The largest absolute Gasteiger partial charge is 0.384 e. The molecular formula is C16H18ClN3O. The Bertz CT molecular complexity index is 616. The van der Waals surface area contributed by atoms with Crippen LogP contribution in [0.5, 0.6) is 0 Å². The summed E-state index contributed by atoms with van der Waals surface area (Å²) in [6.07, 6.45) is 5.46. The number of hydrogen-bond donors (Lipinski definition) is 2. The highest BCUT2D eigenvalue weighted by Gasteiger charge is 2.07. The van der Waals surface area contributed by atoms with E-state index in [9.17, 15) is 4.79 Å². The number of nitrogens with zero attached hydrogens (tertiary/aromatic N) is 1. The second-order valence-corrected chi connectivity index (χ2v) is 5.14. The summed E-state index contributed by atoms with van der Waals surface area (Å²) in [5.74, 6) is -0.205. The minimum absolute atomic E-state index is 0.205. The van der Waals surface area contributed by atoms with Crippen molar-refractivity contribution in [1.82, 2.24) is 4.98 Å². The fourth-order valence-corrected chi connectivity index (χ4v) is 2.03. The molecule has 0 aliphatic carbocycles. The molecule has 0 fully saturated rings. The summed E-state index contributed by atoms with van der Waals surface area (Å²) in [7, 11) is 0. The average molecular weight is 304 g/mol. The monoisotopic (exact) mass is 303 g/mol. The number of benzene rings is 1. The molecule has 2 aromatic rings. The number of anilines is 2. The molecule has 0 radical (unpaired) electrons. The van der Waals surface area contributed by atoms with Crippen LogP contribution < -0.4 is 10.6 Å². The van der Waals surface area contributed by atoms with Crippen LogP contribution >= 0.6 is 11.6 Å². The van der Waals surface area contributed by atoms with E-state index in [1.54, 1.807) is 42.7 Å². The third-order valence-electron chi connectivity index (χ3n) is 2.94. The van der Waals surface area contributed by atoms with Gasteiger partial charge in [-0.2, -0.15) is 0 Å². The first kappa shape index (κ1) is 15.3. The molecule has 0 unspecified atom stereocenters. The van der Waals surface area contributed by atoms with E-state index in [0.29, 0.717) is 16.3 Å². The molecule has 0 bridgehead atoms. The van der Waals surface area contributed by atoms with Gasteiger partial charge in [-0.1, -0.05) is 31.0 Å². The Morgan fingerprint density at radius 2 is 2.10 bits per heavy atom. The highest BCUT2D eigenvalue weighted by Crippen LogP contribution is 2.16. The summed E-state index contributed by atoms with van der Waals surface area (Å²) in [4.78, 5) is 16.3. The number of carbonyl (C=O) groups excluding carboxylic acids is 1. The number of halogens is 1. The van der Waals surface area contributed by atoms with Crippen molar-refractivity contribution in [1.29, 1.82) is 0 Å². The van der Waals surface area contributed by atoms with E-state index in [2.05, 4.69) is 22.5 Å². The Kier molecular flexibility index (Phi) is 5.58. The summed E-state index contributed by atoms with van der Waals surface area (Å²) in [6.45, 7) is 3.01. The van der Waals surface area contributed by atoms with Gasteiger partial charge in [0.25, 0.3) is 5.91 Å². The summed E-state index contributed by atoms with van der Waals surface area (Å²) < 4.78 is 0. The van der Waals surface area contributed by atoms with Gasteiger partial charge in [0, 0.05) is 29.6 Å². The molecule has 0 spiro atoms. The average Bonchev–Trinajstić information content (AvgIpc) is 2.48. The van der Waals surface area contributed by atoms with Crippen LogP contribution in [0.25, 0.3) is 0 Å². The SMILES string of the molecule is CCCCNc1cncc(C(=O)Nc2cccc(Cl)c2)c1. The van der Waals surface area contributed by atoms with Gasteiger partial charge in [-0.15, -0.1) is 0 Å². The number of nitrogens with one attached hydrogen (secondary N) is 2. The highest BCUT2D eigenvalue weighted by molar-refractivity contribution is 6.30. The minimum atomic E-state index is -0.205. The maximum Gasteiger partial charge on any atom is 0.257 e. The van der Waals surface area contributed by atoms with Crippen LogP contribution in [0.4, 0.5) is 11.4 Å². The molecule has 1 amide bonds. The van der Waals surface area contributed by atoms with Crippen molar-refractivity contribution in [3.05, 3.63) is 53.3 Å². The fraction of sp³-hybridized carbons (Fsp3) is 0.250. The second-order valence-electron chi connectivity index (χ2n) is 4.71. The van der Waals surface area contributed by atoms with E-state index in [1.807, 2.05) is 0 Å². The van der Waals surface area contributed by atoms with Crippen LogP contribution in [0.2, 0.25) is 5.02 Å². The van der Waals surface area contributed by atoms with Crippen LogP contribution in [-0.2, 0) is 0 Å². The van der Waals surface area contributed by atoms with Gasteiger partial charge in [-0.25, -0.2) is 0 Å². The number of unbranched alkanes of at least 4 members (excludes halogenated alkanes) is 1. The molecule has 0 saturated heterocycles. The predicted molar refractivity (Wildman–Crippen MR) is 87.0 cm³/mol. The van der Waals surface area contributed by atoms with E-state index in [-0.39, 0.29) is 5.91 Å². The molecule has 1 heterocycles. The van der Waals surface area contributed by atoms with E-state index < -0.39 is 0 Å². The zero-order valence-corrected chi connectivity index (χ0v) is 12.7. The predicted octanol–water partition coefficient (Wildman–Crippen LogP) is 4.20. The van der Waals surface area contributed by atoms with Crippen molar-refractivity contribution in [3.63, 3.8) is 0 Å². The Balaban J connectivity index is 2.03. The molecule has 4 nitrogen and oxygen atoms in total. The maximum absolute atomic E-state index is 12.2. The lowest BCUT2D eigenvalue weighted by Gasteiger charge is -2.08. The molecule has 110 valence electrons. The summed E-state index contributed by atoms with van der Waals surface area (Å²) in [6, 6.07) is 8.84. The minimum Gasteiger partial charge on any atom is -0.384 e. The van der Waals surface area contributed by atoms with Crippen LogP contribution in [0.15, 0.2) is 42.7 Å². The quantitative estimate of drug-likeness (QED) is 0.786. The molecule has 0 aliphatic heterocycles. The Labute approximate surface area is 129 Å². The number of pyridine rings is 1. The van der Waals surface area contributed by atoms with Gasteiger partial charge >= 0.3 is 0 Å². The Hall–Kier alpha value is -2.07. The van der Waals surface area contributed by atoms with E-state index in [1.165, 1.54) is 0 Å². The summed E-state index contributed by atoms with van der Waals surface area (Å²) in [5, 5.41) is 6.64. The lowest BCUT2D eigenvalue weighted by Crippen LogP contribution is -2.13. The van der Waals surface area contributed by atoms with Gasteiger partial charge in [0.05, 0.1) is 11.3 Å². The number of carbonyl (C=O) groups is 1. The van der Waals surface area contributed by atoms with Gasteiger partial charge in [-0.05, 0) is 30.7 Å². The summed E-state index contributed by atoms with van der Waals surface area (Å²) >= 11 is 5.90. The normalized spacial score (nSPS) is 10.2. The molecule has 0 aliphatic rings. The van der Waals surface area contributed by atoms with Crippen LogP contribution in [0.3, 0.4) is 0 Å². The first-order chi connectivity index (χ1) is 10.2. The van der Waals surface area contributed by atoms with Crippen molar-refractivity contribution in [2.45, 2.75) is 19.8 Å². The van der Waals surface area contributed by atoms with Crippen LogP contribution in [0, 0.1) is 0 Å². The molecule has 0 atom stereocenters. The highest BCUT2D eigenvalue weighted by atomic mass is 35.5. The first-order valence-corrected chi connectivity index (χ1v) is 7.32. The van der Waals surface area contributed by atoms with E-state index in [0.717, 1.165) is 25.1 Å². The molecule has 5 heteroatoms. The van der Waals surface area contributed by atoms with Crippen molar-refractivity contribution in [2.75, 3.05) is 17.2 Å². The van der Waals surface area contributed by atoms with Gasteiger partial charge in [0.15, 0.2) is 0 Å². The van der Waals surface area contributed by atoms with Gasteiger partial charge < -0.3 is 10.6 Å². The number of amides is 1. The number of aromatic nitrogens is 1. The molecule has 2 N–H and O–H groups in total. The Morgan fingerprint density at radius 1 is 1.24 bits per heavy atom. The lowest BCUT2D eigenvalue weighted by molar-refractivity contribution is 0.102. The lowest BCUT2D eigenvalue weighted by atomic mass is 10.2. The maximum atomic E-state index is 12.2. The van der Waals surface area contributed by atoms with Gasteiger partial charge in [0.1, 0.15) is 0 Å². The topological polar surface area (TPSA) is 54.0 Å². The zero-order chi connectivity index (χ0) is 15.1. The molecule has 1 aromatic carbocycles. The van der Waals surface area contributed by atoms with Crippen LogP contribution in [0.1, 0.15) is 30.1 Å². The summed E-state index contributed by atoms with van der Waals surface area (Å²) in [5.41, 5.74) is 2.02. The Morgan fingerprint density at radius 3 is 2.86 bits per heavy atom. The van der Waals surface area contributed by atoms with Crippen molar-refractivity contribution < 1.29 is 4.79 Å². The standard InChI is InChI=1S/C16H18ClN3O/c1-2-3-7-19-15-8-12(10-18-11-15)16(21)20-14-6-4-5-13(17)9-14/h4-6,8-11,19H,2-3,7H2,1H3,(H,20,21). The zero-order valence-electron chi connectivity index (χ0n) is 11.9. The molecule has 0 saturated carbocycles. The van der Waals surface area contributed by atoms with Gasteiger partial charge in [-0.3, -0.25) is 9.78 Å². The third kappa shape index (κ3) is 4.76. The molecular weight excluding hydrogens is 286 g/mol. The van der Waals surface area contributed by atoms with Crippen molar-refractivity contribution >= 4 is 28.9 Å². The smallest absolute Gasteiger partial charge is 0.257 e. The number of hydrogen-bond acceptors (Lipinski definition) is 3. The van der Waals surface area contributed by atoms with E-state index in [4.69, 9.17) is 11.6 Å². The number of rotatable bonds is 6. The fourth-order valence-electron chi connectivity index (χ4n) is 1.84. The molecule has 2 rings (SSSR count). The molecule has 1 aromatic heterocycles.